The van der Waals surface area contributed by atoms with Crippen LogP contribution in [0.5, 0.6) is 0 Å². The van der Waals surface area contributed by atoms with Crippen molar-refractivity contribution in [3.05, 3.63) is 35.4 Å². The first-order valence-corrected chi connectivity index (χ1v) is 10.4. The zero-order valence-corrected chi connectivity index (χ0v) is 18.5. The van der Waals surface area contributed by atoms with Crippen molar-refractivity contribution in [2.45, 2.75) is 66.1 Å². The molecule has 2 amide bonds. The van der Waals surface area contributed by atoms with Crippen LogP contribution in [0.1, 0.15) is 58.1 Å². The first kappa shape index (κ1) is 22.4. The summed E-state index contributed by atoms with van der Waals surface area (Å²) in [6, 6.07) is 8.16. The third-order valence-electron chi connectivity index (χ3n) is 5.13. The van der Waals surface area contributed by atoms with Gasteiger partial charge in [0.05, 0.1) is 0 Å². The molecule has 1 aromatic rings. The van der Waals surface area contributed by atoms with Gasteiger partial charge in [0.15, 0.2) is 0 Å². The lowest BCUT2D eigenvalue weighted by Gasteiger charge is -2.31. The summed E-state index contributed by atoms with van der Waals surface area (Å²) in [5.41, 5.74) is 2.33. The fraction of sp³-hybridized carbons (Fsp3) is 0.652. The maximum atomic E-state index is 13.2. The third-order valence-corrected chi connectivity index (χ3v) is 5.13. The van der Waals surface area contributed by atoms with Crippen LogP contribution >= 0.6 is 0 Å². The van der Waals surface area contributed by atoms with Gasteiger partial charge in [0, 0.05) is 32.6 Å². The molecule has 1 fully saturated rings. The summed E-state index contributed by atoms with van der Waals surface area (Å²) in [7, 11) is 4.11. The van der Waals surface area contributed by atoms with Crippen molar-refractivity contribution in [2.75, 3.05) is 27.2 Å². The van der Waals surface area contributed by atoms with E-state index in [4.69, 9.17) is 0 Å². The van der Waals surface area contributed by atoms with Crippen molar-refractivity contribution < 1.29 is 9.59 Å². The Morgan fingerprint density at radius 1 is 1.07 bits per heavy atom. The molecule has 0 aromatic heterocycles. The van der Waals surface area contributed by atoms with E-state index < -0.39 is 0 Å². The highest BCUT2D eigenvalue weighted by Crippen LogP contribution is 2.26. The van der Waals surface area contributed by atoms with Crippen molar-refractivity contribution in [1.29, 1.82) is 0 Å². The maximum Gasteiger partial charge on any atom is 0.245 e. The van der Waals surface area contributed by atoms with Crippen LogP contribution in [0.4, 0.5) is 0 Å². The zero-order valence-electron chi connectivity index (χ0n) is 18.5. The quantitative estimate of drug-likeness (QED) is 0.719. The van der Waals surface area contributed by atoms with Gasteiger partial charge in [-0.15, -0.1) is 0 Å². The first-order valence-electron chi connectivity index (χ1n) is 10.4. The van der Waals surface area contributed by atoms with Gasteiger partial charge < -0.3 is 14.7 Å². The van der Waals surface area contributed by atoms with Crippen LogP contribution in [0, 0.1) is 5.41 Å². The monoisotopic (exact) mass is 387 g/mol. The molecule has 1 aromatic carbocycles. The van der Waals surface area contributed by atoms with Crippen LogP contribution in [0.15, 0.2) is 24.3 Å². The standard InChI is InChI=1S/C23H37N3O2/c1-7-25(17-19-12-10-18(11-13-19)16-24(5)6)22(28)20-9-8-14-26(20)21(27)15-23(2,3)4/h10-13,20H,7-9,14-17H2,1-6H3. The molecule has 1 unspecified atom stereocenters. The minimum absolute atomic E-state index is 0.0635. The van der Waals surface area contributed by atoms with Crippen molar-refractivity contribution in [1.82, 2.24) is 14.7 Å². The number of carbonyl (C=O) groups is 2. The van der Waals surface area contributed by atoms with Gasteiger partial charge in [0.25, 0.3) is 0 Å². The topological polar surface area (TPSA) is 43.9 Å². The van der Waals surface area contributed by atoms with Gasteiger partial charge in [-0.05, 0) is 50.4 Å². The van der Waals surface area contributed by atoms with E-state index in [0.717, 1.165) is 24.9 Å². The molecule has 0 N–H and O–H groups in total. The predicted molar refractivity (Wildman–Crippen MR) is 114 cm³/mol. The molecule has 0 aliphatic carbocycles. The Balaban J connectivity index is 2.04. The molecule has 0 spiro atoms. The van der Waals surface area contributed by atoms with E-state index >= 15 is 0 Å². The van der Waals surface area contributed by atoms with E-state index in [0.29, 0.717) is 26.1 Å². The zero-order chi connectivity index (χ0) is 20.9. The van der Waals surface area contributed by atoms with Gasteiger partial charge in [-0.2, -0.15) is 0 Å². The Morgan fingerprint density at radius 2 is 1.64 bits per heavy atom. The molecule has 1 aliphatic rings. The molecule has 28 heavy (non-hydrogen) atoms. The number of rotatable bonds is 7. The number of hydrogen-bond acceptors (Lipinski definition) is 3. The molecular formula is C23H37N3O2. The molecule has 0 radical (unpaired) electrons. The predicted octanol–water partition coefficient (Wildman–Crippen LogP) is 3.52. The SMILES string of the molecule is CCN(Cc1ccc(CN(C)C)cc1)C(=O)C1CCCN1C(=O)CC(C)(C)C. The van der Waals surface area contributed by atoms with Gasteiger partial charge in [0.2, 0.25) is 11.8 Å². The summed E-state index contributed by atoms with van der Waals surface area (Å²) in [5, 5.41) is 0. The molecule has 1 saturated heterocycles. The van der Waals surface area contributed by atoms with Crippen molar-refractivity contribution in [2.24, 2.45) is 5.41 Å². The molecular weight excluding hydrogens is 350 g/mol. The van der Waals surface area contributed by atoms with Gasteiger partial charge in [-0.3, -0.25) is 9.59 Å². The number of likely N-dealkylation sites (tertiary alicyclic amines) is 1. The van der Waals surface area contributed by atoms with E-state index in [1.807, 2.05) is 16.7 Å². The molecule has 2 rings (SSSR count). The highest BCUT2D eigenvalue weighted by molar-refractivity contribution is 5.88. The van der Waals surface area contributed by atoms with Crippen LogP contribution in [-0.4, -0.2) is 59.7 Å². The summed E-state index contributed by atoms with van der Waals surface area (Å²) in [5.74, 6) is 0.187. The average Bonchev–Trinajstić information content (AvgIpc) is 3.08. The van der Waals surface area contributed by atoms with Gasteiger partial charge in [0.1, 0.15) is 6.04 Å². The molecule has 5 nitrogen and oxygen atoms in total. The number of amides is 2. The maximum absolute atomic E-state index is 13.2. The van der Waals surface area contributed by atoms with Gasteiger partial charge >= 0.3 is 0 Å². The summed E-state index contributed by atoms with van der Waals surface area (Å²) in [6.07, 6.45) is 2.16. The second-order valence-corrected chi connectivity index (χ2v) is 9.39. The highest BCUT2D eigenvalue weighted by Gasteiger charge is 2.37. The van der Waals surface area contributed by atoms with E-state index in [1.165, 1.54) is 5.56 Å². The molecule has 0 saturated carbocycles. The summed E-state index contributed by atoms with van der Waals surface area (Å²) >= 11 is 0. The number of benzene rings is 1. The van der Waals surface area contributed by atoms with Crippen LogP contribution < -0.4 is 0 Å². The highest BCUT2D eigenvalue weighted by atomic mass is 16.2. The molecule has 5 heteroatoms. The summed E-state index contributed by atoms with van der Waals surface area (Å²) in [4.78, 5) is 31.8. The number of carbonyl (C=O) groups excluding carboxylic acids is 2. The van der Waals surface area contributed by atoms with Gasteiger partial charge in [-0.25, -0.2) is 0 Å². The van der Waals surface area contributed by atoms with E-state index in [9.17, 15) is 9.59 Å². The minimum Gasteiger partial charge on any atom is -0.337 e. The second-order valence-electron chi connectivity index (χ2n) is 9.39. The largest absolute Gasteiger partial charge is 0.337 e. The minimum atomic E-state index is -0.303. The molecule has 0 bridgehead atoms. The Bertz CT molecular complexity index is 661. The van der Waals surface area contributed by atoms with E-state index in [2.05, 4.69) is 64.0 Å². The van der Waals surface area contributed by atoms with Crippen LogP contribution in [0.2, 0.25) is 0 Å². The van der Waals surface area contributed by atoms with E-state index in [-0.39, 0.29) is 23.3 Å². The number of likely N-dealkylation sites (N-methyl/N-ethyl adjacent to an activating group) is 1. The third kappa shape index (κ3) is 6.33. The summed E-state index contributed by atoms with van der Waals surface area (Å²) < 4.78 is 0. The van der Waals surface area contributed by atoms with Crippen molar-refractivity contribution in [3.8, 4) is 0 Å². The van der Waals surface area contributed by atoms with Crippen LogP contribution in [0.3, 0.4) is 0 Å². The molecule has 1 aliphatic heterocycles. The lowest BCUT2D eigenvalue weighted by atomic mass is 9.91. The number of nitrogens with zero attached hydrogens (tertiary/aromatic N) is 3. The normalized spacial score (nSPS) is 17.2. The van der Waals surface area contributed by atoms with Gasteiger partial charge in [-0.1, -0.05) is 45.0 Å². The second kappa shape index (κ2) is 9.55. The fourth-order valence-electron chi connectivity index (χ4n) is 3.77. The Morgan fingerprint density at radius 3 is 2.14 bits per heavy atom. The lowest BCUT2D eigenvalue weighted by molar-refractivity contribution is -0.145. The number of hydrogen-bond donors (Lipinski definition) is 0. The Hall–Kier alpha value is -1.88. The lowest BCUT2D eigenvalue weighted by Crippen LogP contribution is -2.48. The molecule has 156 valence electrons. The Kier molecular flexibility index (Phi) is 7.64. The molecule has 1 atom stereocenters. The first-order chi connectivity index (χ1) is 13.1. The van der Waals surface area contributed by atoms with E-state index in [1.54, 1.807) is 0 Å². The average molecular weight is 388 g/mol. The van der Waals surface area contributed by atoms with Crippen LogP contribution in [-0.2, 0) is 22.7 Å². The molecule has 1 heterocycles. The summed E-state index contributed by atoms with van der Waals surface area (Å²) in [6.45, 7) is 11.0. The van der Waals surface area contributed by atoms with Crippen LogP contribution in [0.25, 0.3) is 0 Å². The smallest absolute Gasteiger partial charge is 0.245 e. The van der Waals surface area contributed by atoms with Crippen molar-refractivity contribution >= 4 is 11.8 Å². The fourth-order valence-corrected chi connectivity index (χ4v) is 3.77. The van der Waals surface area contributed by atoms with Crippen molar-refractivity contribution in [3.63, 3.8) is 0 Å². The Labute approximate surface area is 170 Å².